The molecule has 0 aliphatic heterocycles. The molecule has 0 unspecified atom stereocenters. The molecule has 192 valence electrons. The van der Waals surface area contributed by atoms with Gasteiger partial charge in [0.2, 0.25) is 11.8 Å². The number of urea groups is 1. The third-order valence-electron chi connectivity index (χ3n) is 5.12. The molecule has 0 bridgehead atoms. The zero-order valence-corrected chi connectivity index (χ0v) is 20.2. The molecule has 9 N–H and O–H groups in total. The van der Waals surface area contributed by atoms with E-state index >= 15 is 0 Å². The number of nitrogens with one attached hydrogen (secondary N) is 3. The molecular formula is C21H35N5O7S. The minimum atomic E-state index is -4.11. The van der Waals surface area contributed by atoms with E-state index in [4.69, 9.17) is 16.0 Å². The van der Waals surface area contributed by atoms with Crippen molar-refractivity contribution >= 4 is 33.7 Å². The molecule has 0 spiro atoms. The number of aryl methyl sites for hydroxylation is 1. The second kappa shape index (κ2) is 13.8. The molecule has 0 saturated carbocycles. The molecule has 0 fully saturated rings. The molecule has 1 aromatic rings. The summed E-state index contributed by atoms with van der Waals surface area (Å²) in [4.78, 5) is 36.2. The summed E-state index contributed by atoms with van der Waals surface area (Å²) in [6.07, 6.45) is 0.949. The SMILES string of the molecule is CC(C)[C@H](N)C(=O)N[C@@H](CCCNC(N)=O)C(=O)Nc1ccc(CO)c(CCCS(=O)(=O)O)c1. The van der Waals surface area contributed by atoms with Crippen LogP contribution in [-0.4, -0.2) is 60.3 Å². The number of aliphatic hydroxyl groups excluding tert-OH is 1. The Morgan fingerprint density at radius 2 is 1.76 bits per heavy atom. The van der Waals surface area contributed by atoms with Gasteiger partial charge >= 0.3 is 6.03 Å². The van der Waals surface area contributed by atoms with Gasteiger partial charge in [-0.25, -0.2) is 4.79 Å². The summed E-state index contributed by atoms with van der Waals surface area (Å²) >= 11 is 0. The smallest absolute Gasteiger partial charge is 0.312 e. The molecule has 0 aliphatic rings. The zero-order chi connectivity index (χ0) is 25.9. The third-order valence-corrected chi connectivity index (χ3v) is 5.92. The van der Waals surface area contributed by atoms with Crippen LogP contribution in [0.4, 0.5) is 10.5 Å². The second-order valence-corrected chi connectivity index (χ2v) is 9.86. The van der Waals surface area contributed by atoms with Gasteiger partial charge in [-0.05, 0) is 54.9 Å². The van der Waals surface area contributed by atoms with Crippen molar-refractivity contribution in [2.24, 2.45) is 17.4 Å². The number of anilines is 1. The van der Waals surface area contributed by atoms with Gasteiger partial charge in [0.15, 0.2) is 0 Å². The van der Waals surface area contributed by atoms with Crippen molar-refractivity contribution < 1.29 is 32.5 Å². The maximum Gasteiger partial charge on any atom is 0.312 e. The number of nitrogens with two attached hydrogens (primary N) is 2. The van der Waals surface area contributed by atoms with Crippen molar-refractivity contribution in [3.63, 3.8) is 0 Å². The van der Waals surface area contributed by atoms with Gasteiger partial charge in [0.1, 0.15) is 6.04 Å². The molecule has 0 saturated heterocycles. The van der Waals surface area contributed by atoms with E-state index in [9.17, 15) is 27.9 Å². The van der Waals surface area contributed by atoms with E-state index < -0.39 is 45.8 Å². The number of hydrogen-bond donors (Lipinski definition) is 7. The number of amides is 4. The first kappa shape index (κ1) is 29.3. The second-order valence-electron chi connectivity index (χ2n) is 8.28. The molecule has 0 aromatic heterocycles. The Morgan fingerprint density at radius 1 is 1.09 bits per heavy atom. The van der Waals surface area contributed by atoms with Crippen LogP contribution in [-0.2, 0) is 32.7 Å². The highest BCUT2D eigenvalue weighted by Crippen LogP contribution is 2.19. The minimum absolute atomic E-state index is 0.127. The summed E-state index contributed by atoms with van der Waals surface area (Å²) in [6.45, 7) is 3.49. The summed E-state index contributed by atoms with van der Waals surface area (Å²) < 4.78 is 30.8. The summed E-state index contributed by atoms with van der Waals surface area (Å²) in [5.41, 5.74) is 12.5. The van der Waals surface area contributed by atoms with Crippen LogP contribution < -0.4 is 27.4 Å². The average molecular weight is 502 g/mol. The van der Waals surface area contributed by atoms with E-state index in [1.54, 1.807) is 32.0 Å². The molecule has 1 aromatic carbocycles. The van der Waals surface area contributed by atoms with Crippen LogP contribution in [0.15, 0.2) is 18.2 Å². The van der Waals surface area contributed by atoms with Crippen molar-refractivity contribution in [1.82, 2.24) is 10.6 Å². The third kappa shape index (κ3) is 10.9. The van der Waals surface area contributed by atoms with E-state index in [0.29, 0.717) is 23.2 Å². The monoisotopic (exact) mass is 501 g/mol. The molecule has 0 aliphatic carbocycles. The Kier molecular flexibility index (Phi) is 11.9. The quantitative estimate of drug-likeness (QED) is 0.134. The van der Waals surface area contributed by atoms with Crippen LogP contribution in [0.3, 0.4) is 0 Å². The Morgan fingerprint density at radius 3 is 2.32 bits per heavy atom. The Balaban J connectivity index is 2.95. The maximum absolute atomic E-state index is 12.9. The predicted molar refractivity (Wildman–Crippen MR) is 127 cm³/mol. The van der Waals surface area contributed by atoms with Crippen LogP contribution in [0.25, 0.3) is 0 Å². The van der Waals surface area contributed by atoms with Gasteiger partial charge in [0, 0.05) is 12.2 Å². The highest BCUT2D eigenvalue weighted by atomic mass is 32.2. The topological polar surface area (TPSA) is 214 Å². The van der Waals surface area contributed by atoms with E-state index in [1.165, 1.54) is 0 Å². The van der Waals surface area contributed by atoms with Gasteiger partial charge in [0.25, 0.3) is 10.1 Å². The van der Waals surface area contributed by atoms with Crippen LogP contribution in [0.2, 0.25) is 0 Å². The Hall–Kier alpha value is -2.74. The highest BCUT2D eigenvalue weighted by Gasteiger charge is 2.25. The van der Waals surface area contributed by atoms with Crippen LogP contribution in [0.5, 0.6) is 0 Å². The van der Waals surface area contributed by atoms with Crippen molar-refractivity contribution in [3.05, 3.63) is 29.3 Å². The summed E-state index contributed by atoms with van der Waals surface area (Å²) in [5, 5.41) is 17.3. The lowest BCUT2D eigenvalue weighted by molar-refractivity contribution is -0.128. The lowest BCUT2D eigenvalue weighted by Crippen LogP contribution is -2.51. The number of benzene rings is 1. The number of carbonyl (C=O) groups is 3. The lowest BCUT2D eigenvalue weighted by Gasteiger charge is -2.22. The number of rotatable bonds is 14. The van der Waals surface area contributed by atoms with Crippen molar-refractivity contribution in [1.29, 1.82) is 0 Å². The predicted octanol–water partition coefficient (Wildman–Crippen LogP) is -0.146. The van der Waals surface area contributed by atoms with Crippen LogP contribution >= 0.6 is 0 Å². The van der Waals surface area contributed by atoms with Gasteiger partial charge in [-0.15, -0.1) is 0 Å². The molecule has 4 amide bonds. The summed E-state index contributed by atoms with van der Waals surface area (Å²) in [5.74, 6) is -1.57. The normalized spacial score (nSPS) is 13.2. The fourth-order valence-electron chi connectivity index (χ4n) is 3.12. The Bertz CT molecular complexity index is 953. The maximum atomic E-state index is 12.9. The van der Waals surface area contributed by atoms with Gasteiger partial charge in [-0.3, -0.25) is 14.1 Å². The molecule has 1 rings (SSSR count). The molecule has 2 atom stereocenters. The standard InChI is InChI=1S/C21H35N5O7S/c1-13(2)18(22)20(29)26-17(6-3-9-24-21(23)30)19(28)25-16-8-7-15(12-27)14(11-16)5-4-10-34(31,32)33/h7-8,11,13,17-18,27H,3-6,9-10,12,22H2,1-2H3,(H,25,28)(H,26,29)(H3,23,24,30)(H,31,32,33)/t17-,18-/m0/s1. The molecule has 0 heterocycles. The van der Waals surface area contributed by atoms with Gasteiger partial charge in [-0.2, -0.15) is 8.42 Å². The van der Waals surface area contributed by atoms with Crippen LogP contribution in [0.1, 0.15) is 44.2 Å². The number of aliphatic hydroxyl groups is 1. The first-order valence-electron chi connectivity index (χ1n) is 10.9. The molecule has 0 radical (unpaired) electrons. The fraction of sp³-hybridized carbons (Fsp3) is 0.571. The van der Waals surface area contributed by atoms with Gasteiger partial charge < -0.3 is 32.5 Å². The molecule has 13 heteroatoms. The van der Waals surface area contributed by atoms with Crippen molar-refractivity contribution in [2.75, 3.05) is 17.6 Å². The zero-order valence-electron chi connectivity index (χ0n) is 19.4. The van der Waals surface area contributed by atoms with E-state index in [-0.39, 0.29) is 38.3 Å². The fourth-order valence-corrected chi connectivity index (χ4v) is 3.63. The molecule has 34 heavy (non-hydrogen) atoms. The highest BCUT2D eigenvalue weighted by molar-refractivity contribution is 7.85. The van der Waals surface area contributed by atoms with Gasteiger partial charge in [0.05, 0.1) is 18.4 Å². The van der Waals surface area contributed by atoms with E-state index in [0.717, 1.165) is 0 Å². The summed E-state index contributed by atoms with van der Waals surface area (Å²) in [7, 11) is -4.11. The van der Waals surface area contributed by atoms with Gasteiger partial charge in [-0.1, -0.05) is 19.9 Å². The van der Waals surface area contributed by atoms with E-state index in [1.807, 2.05) is 0 Å². The summed E-state index contributed by atoms with van der Waals surface area (Å²) in [6, 6.07) is 2.32. The first-order valence-corrected chi connectivity index (χ1v) is 12.5. The van der Waals surface area contributed by atoms with Crippen LogP contribution in [0, 0.1) is 5.92 Å². The minimum Gasteiger partial charge on any atom is -0.392 e. The number of primary amides is 1. The van der Waals surface area contributed by atoms with Crippen molar-refractivity contribution in [2.45, 2.75) is 58.2 Å². The first-order chi connectivity index (χ1) is 15.8. The lowest BCUT2D eigenvalue weighted by atomic mass is 10.0. The van der Waals surface area contributed by atoms with E-state index in [2.05, 4.69) is 16.0 Å². The number of carbonyl (C=O) groups excluding carboxylic acids is 3. The molecule has 12 nitrogen and oxygen atoms in total. The average Bonchev–Trinajstić information content (AvgIpc) is 2.74. The Labute approximate surface area is 199 Å². The largest absolute Gasteiger partial charge is 0.392 e. The molecular weight excluding hydrogens is 466 g/mol. The van der Waals surface area contributed by atoms with Crippen molar-refractivity contribution in [3.8, 4) is 0 Å². The number of hydrogen-bond acceptors (Lipinski definition) is 7.